The Kier molecular flexibility index (Phi) is 7.76. The van der Waals surface area contributed by atoms with Crippen LogP contribution < -0.4 is 0 Å². The van der Waals surface area contributed by atoms with Crippen molar-refractivity contribution < 1.29 is 19.1 Å². The molecule has 4 nitrogen and oxygen atoms in total. The molecule has 0 amide bonds. The van der Waals surface area contributed by atoms with Gasteiger partial charge >= 0.3 is 11.9 Å². The number of rotatable bonds is 8. The van der Waals surface area contributed by atoms with Gasteiger partial charge < -0.3 is 9.47 Å². The monoisotopic (exact) mass is 240 g/mol. The molecule has 1 unspecified atom stereocenters. The molecule has 0 aliphatic carbocycles. The average molecular weight is 240 g/mol. The number of hydrogen-bond acceptors (Lipinski definition) is 4. The van der Waals surface area contributed by atoms with E-state index in [9.17, 15) is 9.59 Å². The molecular weight excluding hydrogens is 220 g/mol. The first-order chi connectivity index (χ1) is 7.97. The molecule has 0 radical (unpaired) electrons. The first-order valence-electron chi connectivity index (χ1n) is 5.59. The number of esters is 2. The Labute approximate surface area is 102 Å². The molecule has 0 N–H and O–H groups in total. The van der Waals surface area contributed by atoms with E-state index in [0.29, 0.717) is 24.7 Å². The lowest BCUT2D eigenvalue weighted by molar-refractivity contribution is -0.139. The maximum Gasteiger partial charge on any atom is 0.333 e. The van der Waals surface area contributed by atoms with Gasteiger partial charge in [0.2, 0.25) is 0 Å². The van der Waals surface area contributed by atoms with E-state index in [0.717, 1.165) is 18.9 Å². The van der Waals surface area contributed by atoms with E-state index >= 15 is 0 Å². The van der Waals surface area contributed by atoms with Gasteiger partial charge in [-0.05, 0) is 25.7 Å². The molecule has 1 atom stereocenters. The highest BCUT2D eigenvalue weighted by Crippen LogP contribution is 2.08. The van der Waals surface area contributed by atoms with Crippen molar-refractivity contribution in [3.63, 3.8) is 0 Å². The van der Waals surface area contributed by atoms with Crippen molar-refractivity contribution in [2.75, 3.05) is 13.2 Å². The Morgan fingerprint density at radius 2 is 1.76 bits per heavy atom. The van der Waals surface area contributed by atoms with Crippen molar-refractivity contribution in [2.24, 2.45) is 5.92 Å². The standard InChI is InChI=1S/C13H20O4/c1-5-12(14)16-8-6-11(4)7-9-17-13(15)10(2)3/h5,11H,1-2,6-9H2,3-4H3. The van der Waals surface area contributed by atoms with E-state index < -0.39 is 5.97 Å². The van der Waals surface area contributed by atoms with Crippen LogP contribution in [0.1, 0.15) is 26.7 Å². The fraction of sp³-hybridized carbons (Fsp3) is 0.538. The van der Waals surface area contributed by atoms with Gasteiger partial charge in [-0.3, -0.25) is 0 Å². The lowest BCUT2D eigenvalue weighted by Gasteiger charge is -2.11. The third-order valence-corrected chi connectivity index (χ3v) is 2.21. The average Bonchev–Trinajstić information content (AvgIpc) is 2.28. The van der Waals surface area contributed by atoms with Gasteiger partial charge in [0.25, 0.3) is 0 Å². The van der Waals surface area contributed by atoms with Crippen LogP contribution in [-0.2, 0) is 19.1 Å². The summed E-state index contributed by atoms with van der Waals surface area (Å²) in [6, 6.07) is 0. The minimum atomic E-state index is -0.411. The maximum absolute atomic E-state index is 11.1. The number of carbonyl (C=O) groups excluding carboxylic acids is 2. The molecule has 0 heterocycles. The number of hydrogen-bond donors (Lipinski definition) is 0. The van der Waals surface area contributed by atoms with Gasteiger partial charge in [0.05, 0.1) is 13.2 Å². The number of ether oxygens (including phenoxy) is 2. The molecular formula is C13H20O4. The summed E-state index contributed by atoms with van der Waals surface area (Å²) in [5.74, 6) is -0.452. The molecule has 0 aromatic rings. The summed E-state index contributed by atoms with van der Waals surface area (Å²) < 4.78 is 9.81. The van der Waals surface area contributed by atoms with Crippen LogP contribution >= 0.6 is 0 Å². The lowest BCUT2D eigenvalue weighted by Crippen LogP contribution is -2.11. The second-order valence-corrected chi connectivity index (χ2v) is 3.97. The molecule has 0 fully saturated rings. The Bertz CT molecular complexity index is 294. The van der Waals surface area contributed by atoms with E-state index in [1.807, 2.05) is 6.92 Å². The normalized spacial score (nSPS) is 11.4. The van der Waals surface area contributed by atoms with E-state index in [4.69, 9.17) is 9.47 Å². The zero-order chi connectivity index (χ0) is 13.3. The highest BCUT2D eigenvalue weighted by molar-refractivity contribution is 5.86. The first-order valence-corrected chi connectivity index (χ1v) is 5.59. The van der Waals surface area contributed by atoms with Gasteiger partial charge in [-0.15, -0.1) is 0 Å². The zero-order valence-corrected chi connectivity index (χ0v) is 10.5. The summed E-state index contributed by atoms with van der Waals surface area (Å²) in [5, 5.41) is 0. The predicted molar refractivity (Wildman–Crippen MR) is 65.3 cm³/mol. The summed E-state index contributed by atoms with van der Waals surface area (Å²) in [6.07, 6.45) is 2.62. The fourth-order valence-corrected chi connectivity index (χ4v) is 1.04. The van der Waals surface area contributed by atoms with Crippen molar-refractivity contribution in [1.82, 2.24) is 0 Å². The van der Waals surface area contributed by atoms with E-state index in [1.165, 1.54) is 0 Å². The Hall–Kier alpha value is -1.58. The Morgan fingerprint density at radius 3 is 2.24 bits per heavy atom. The minimum Gasteiger partial charge on any atom is -0.463 e. The maximum atomic E-state index is 11.1. The zero-order valence-electron chi connectivity index (χ0n) is 10.5. The van der Waals surface area contributed by atoms with Crippen LogP contribution in [0.4, 0.5) is 0 Å². The summed E-state index contributed by atoms with van der Waals surface area (Å²) in [4.78, 5) is 21.8. The predicted octanol–water partition coefficient (Wildman–Crippen LogP) is 2.25. The summed E-state index contributed by atoms with van der Waals surface area (Å²) in [7, 11) is 0. The molecule has 0 aliphatic heterocycles. The van der Waals surface area contributed by atoms with Crippen molar-refractivity contribution in [3.05, 3.63) is 24.8 Å². The van der Waals surface area contributed by atoms with E-state index in [2.05, 4.69) is 13.2 Å². The largest absolute Gasteiger partial charge is 0.463 e. The van der Waals surface area contributed by atoms with Crippen LogP contribution in [0.25, 0.3) is 0 Å². The molecule has 0 aromatic heterocycles. The third kappa shape index (κ3) is 8.25. The Balaban J connectivity index is 3.56. The van der Waals surface area contributed by atoms with Crippen LogP contribution in [0.15, 0.2) is 24.8 Å². The molecule has 17 heavy (non-hydrogen) atoms. The van der Waals surface area contributed by atoms with Crippen LogP contribution in [0.3, 0.4) is 0 Å². The molecule has 4 heteroatoms. The first kappa shape index (κ1) is 15.4. The quantitative estimate of drug-likeness (QED) is 0.482. The van der Waals surface area contributed by atoms with Crippen molar-refractivity contribution >= 4 is 11.9 Å². The summed E-state index contributed by atoms with van der Waals surface area (Å²) >= 11 is 0. The summed E-state index contributed by atoms with van der Waals surface area (Å²) in [6.45, 7) is 11.1. The second-order valence-electron chi connectivity index (χ2n) is 3.97. The second kappa shape index (κ2) is 8.56. The van der Waals surface area contributed by atoms with Crippen LogP contribution in [-0.4, -0.2) is 25.2 Å². The SMILES string of the molecule is C=CC(=O)OCCC(C)CCOC(=O)C(=C)C. The Morgan fingerprint density at radius 1 is 1.24 bits per heavy atom. The van der Waals surface area contributed by atoms with Crippen molar-refractivity contribution in [3.8, 4) is 0 Å². The molecule has 0 spiro atoms. The molecule has 0 aromatic carbocycles. The smallest absolute Gasteiger partial charge is 0.333 e. The van der Waals surface area contributed by atoms with Gasteiger partial charge in [-0.2, -0.15) is 0 Å². The molecule has 0 rings (SSSR count). The van der Waals surface area contributed by atoms with Crippen molar-refractivity contribution in [2.45, 2.75) is 26.7 Å². The van der Waals surface area contributed by atoms with Crippen LogP contribution in [0.2, 0.25) is 0 Å². The van der Waals surface area contributed by atoms with Gasteiger partial charge in [0.1, 0.15) is 0 Å². The topological polar surface area (TPSA) is 52.6 Å². The van der Waals surface area contributed by atoms with Gasteiger partial charge in [-0.25, -0.2) is 9.59 Å². The minimum absolute atomic E-state index is 0.325. The van der Waals surface area contributed by atoms with Gasteiger partial charge in [-0.1, -0.05) is 20.1 Å². The molecule has 96 valence electrons. The van der Waals surface area contributed by atoms with E-state index in [1.54, 1.807) is 6.92 Å². The van der Waals surface area contributed by atoms with Crippen molar-refractivity contribution in [1.29, 1.82) is 0 Å². The molecule has 0 aliphatic rings. The van der Waals surface area contributed by atoms with Crippen LogP contribution in [0.5, 0.6) is 0 Å². The number of carbonyl (C=O) groups is 2. The van der Waals surface area contributed by atoms with Gasteiger partial charge in [0.15, 0.2) is 0 Å². The summed E-state index contributed by atoms with van der Waals surface area (Å²) in [5.41, 5.74) is 0.401. The molecule has 0 bridgehead atoms. The fourth-order valence-electron chi connectivity index (χ4n) is 1.04. The third-order valence-electron chi connectivity index (χ3n) is 2.21. The molecule has 0 saturated carbocycles. The highest BCUT2D eigenvalue weighted by Gasteiger charge is 2.07. The van der Waals surface area contributed by atoms with Gasteiger partial charge in [0, 0.05) is 11.6 Å². The highest BCUT2D eigenvalue weighted by atomic mass is 16.5. The van der Waals surface area contributed by atoms with E-state index in [-0.39, 0.29) is 5.97 Å². The molecule has 0 saturated heterocycles. The van der Waals surface area contributed by atoms with Crippen LogP contribution in [0, 0.1) is 5.92 Å². The lowest BCUT2D eigenvalue weighted by atomic mass is 10.1.